The topological polar surface area (TPSA) is 77.0 Å². The highest BCUT2D eigenvalue weighted by molar-refractivity contribution is 7.89. The molecule has 1 N–H and O–H groups in total. The minimum absolute atomic E-state index is 0.122. The van der Waals surface area contributed by atoms with Gasteiger partial charge >= 0.3 is 0 Å². The van der Waals surface area contributed by atoms with E-state index in [9.17, 15) is 8.42 Å². The second-order valence-corrected chi connectivity index (χ2v) is 8.02. The van der Waals surface area contributed by atoms with E-state index in [0.717, 1.165) is 17.7 Å². The van der Waals surface area contributed by atoms with Gasteiger partial charge in [0.25, 0.3) is 10.0 Å². The normalized spacial score (nSPS) is 11.7. The Balaban J connectivity index is 1.91. The molecule has 27 heavy (non-hydrogen) atoms. The number of rotatable bonds is 10. The molecule has 0 amide bonds. The Morgan fingerprint density at radius 2 is 1.59 bits per heavy atom. The van der Waals surface area contributed by atoms with Gasteiger partial charge in [-0.2, -0.15) is 13.5 Å². The van der Waals surface area contributed by atoms with Crippen LogP contribution < -0.4 is 14.3 Å². The van der Waals surface area contributed by atoms with Crippen molar-refractivity contribution in [2.45, 2.75) is 32.1 Å². The summed E-state index contributed by atoms with van der Waals surface area (Å²) in [6.45, 7) is 7.36. The molecule has 2 aromatic rings. The monoisotopic (exact) mass is 390 g/mol. The second kappa shape index (κ2) is 9.97. The van der Waals surface area contributed by atoms with Gasteiger partial charge in [0, 0.05) is 0 Å². The van der Waals surface area contributed by atoms with Crippen molar-refractivity contribution in [3.8, 4) is 11.5 Å². The van der Waals surface area contributed by atoms with Crippen LogP contribution in [0.4, 0.5) is 0 Å². The summed E-state index contributed by atoms with van der Waals surface area (Å²) in [6, 6.07) is 13.5. The lowest BCUT2D eigenvalue weighted by atomic mass is 10.1. The average molecular weight is 391 g/mol. The Hall–Kier alpha value is -2.54. The van der Waals surface area contributed by atoms with Crippen LogP contribution in [0.3, 0.4) is 0 Å². The van der Waals surface area contributed by atoms with E-state index in [1.807, 2.05) is 31.2 Å². The van der Waals surface area contributed by atoms with E-state index in [0.29, 0.717) is 24.9 Å². The van der Waals surface area contributed by atoms with Gasteiger partial charge in [-0.3, -0.25) is 0 Å². The highest BCUT2D eigenvalue weighted by Gasteiger charge is 2.12. The van der Waals surface area contributed by atoms with Gasteiger partial charge in [0.1, 0.15) is 11.5 Å². The zero-order valence-electron chi connectivity index (χ0n) is 15.9. The predicted octanol–water partition coefficient (Wildman–Crippen LogP) is 3.82. The van der Waals surface area contributed by atoms with Gasteiger partial charge in [-0.1, -0.05) is 13.8 Å². The summed E-state index contributed by atoms with van der Waals surface area (Å²) in [5, 5.41) is 3.83. The van der Waals surface area contributed by atoms with Crippen LogP contribution in [0.5, 0.6) is 11.5 Å². The minimum Gasteiger partial charge on any atom is -0.494 e. The molecule has 0 aliphatic carbocycles. The first-order valence-corrected chi connectivity index (χ1v) is 10.4. The number of hydrogen-bond donors (Lipinski definition) is 1. The van der Waals surface area contributed by atoms with Crippen LogP contribution in [0, 0.1) is 5.92 Å². The van der Waals surface area contributed by atoms with Crippen molar-refractivity contribution in [3.05, 3.63) is 54.1 Å². The minimum atomic E-state index is -3.72. The van der Waals surface area contributed by atoms with Gasteiger partial charge in [-0.05, 0) is 73.4 Å². The third kappa shape index (κ3) is 6.94. The van der Waals surface area contributed by atoms with Crippen molar-refractivity contribution >= 4 is 16.2 Å². The van der Waals surface area contributed by atoms with Crippen molar-refractivity contribution < 1.29 is 17.9 Å². The molecule has 0 aromatic heterocycles. The van der Waals surface area contributed by atoms with E-state index in [4.69, 9.17) is 9.47 Å². The highest BCUT2D eigenvalue weighted by Crippen LogP contribution is 2.16. The summed E-state index contributed by atoms with van der Waals surface area (Å²) in [6.07, 6.45) is 2.44. The average Bonchev–Trinajstić information content (AvgIpc) is 2.63. The molecular formula is C20H26N2O4S. The van der Waals surface area contributed by atoms with Crippen LogP contribution in [-0.2, 0) is 10.0 Å². The van der Waals surface area contributed by atoms with E-state index in [1.165, 1.54) is 18.3 Å². The Bertz CT molecular complexity index is 829. The van der Waals surface area contributed by atoms with Crippen LogP contribution in [0.15, 0.2) is 58.5 Å². The van der Waals surface area contributed by atoms with Gasteiger partial charge in [-0.25, -0.2) is 4.83 Å². The number of sulfonamides is 1. The molecule has 2 aromatic carbocycles. The lowest BCUT2D eigenvalue weighted by Crippen LogP contribution is -2.18. The summed E-state index contributed by atoms with van der Waals surface area (Å²) in [7, 11) is -3.72. The molecule has 0 saturated heterocycles. The molecule has 0 aliphatic heterocycles. The molecule has 0 bridgehead atoms. The zero-order chi connectivity index (χ0) is 19.7. The summed E-state index contributed by atoms with van der Waals surface area (Å²) in [5.41, 5.74) is 0.764. The van der Waals surface area contributed by atoms with Crippen LogP contribution in [0.2, 0.25) is 0 Å². The van der Waals surface area contributed by atoms with Crippen LogP contribution in [-0.4, -0.2) is 27.8 Å². The number of benzene rings is 2. The zero-order valence-corrected chi connectivity index (χ0v) is 16.7. The molecule has 0 unspecified atom stereocenters. The van der Waals surface area contributed by atoms with Crippen molar-refractivity contribution in [1.29, 1.82) is 0 Å². The Kier molecular flexibility index (Phi) is 7.67. The molecule has 6 nitrogen and oxygen atoms in total. The Labute approximate surface area is 161 Å². The maximum atomic E-state index is 12.2. The summed E-state index contributed by atoms with van der Waals surface area (Å²) < 4.78 is 35.4. The smallest absolute Gasteiger partial charge is 0.276 e. The van der Waals surface area contributed by atoms with E-state index >= 15 is 0 Å². The molecule has 0 spiro atoms. The molecule has 7 heteroatoms. The predicted molar refractivity (Wildman–Crippen MR) is 107 cm³/mol. The summed E-state index contributed by atoms with van der Waals surface area (Å²) in [5.74, 6) is 2.00. The van der Waals surface area contributed by atoms with Gasteiger partial charge in [0.05, 0.1) is 24.3 Å². The highest BCUT2D eigenvalue weighted by atomic mass is 32.2. The summed E-state index contributed by atoms with van der Waals surface area (Å²) >= 11 is 0. The lowest BCUT2D eigenvalue weighted by Gasteiger charge is -2.08. The van der Waals surface area contributed by atoms with Crippen molar-refractivity contribution in [3.63, 3.8) is 0 Å². The van der Waals surface area contributed by atoms with E-state index < -0.39 is 10.0 Å². The largest absolute Gasteiger partial charge is 0.494 e. The SMILES string of the molecule is CCOc1ccc(S(=O)(=O)NN=Cc2ccc(OCCC(C)C)cc2)cc1. The van der Waals surface area contributed by atoms with Gasteiger partial charge in [0.15, 0.2) is 0 Å². The maximum Gasteiger partial charge on any atom is 0.276 e. The molecule has 0 heterocycles. The molecule has 0 atom stereocenters. The molecular weight excluding hydrogens is 364 g/mol. The molecule has 0 fully saturated rings. The molecule has 0 radical (unpaired) electrons. The van der Waals surface area contributed by atoms with E-state index in [-0.39, 0.29) is 4.90 Å². The van der Waals surface area contributed by atoms with Crippen molar-refractivity contribution in [1.82, 2.24) is 4.83 Å². The number of nitrogens with zero attached hydrogens (tertiary/aromatic N) is 1. The molecule has 146 valence electrons. The quantitative estimate of drug-likeness (QED) is 0.494. The molecule has 0 saturated carbocycles. The van der Waals surface area contributed by atoms with Gasteiger partial charge in [-0.15, -0.1) is 0 Å². The van der Waals surface area contributed by atoms with Crippen LogP contribution in [0.1, 0.15) is 32.8 Å². The molecule has 0 aliphatic rings. The van der Waals surface area contributed by atoms with Crippen LogP contribution >= 0.6 is 0 Å². The summed E-state index contributed by atoms with van der Waals surface area (Å²) in [4.78, 5) is 2.33. The van der Waals surface area contributed by atoms with Gasteiger partial charge < -0.3 is 9.47 Å². The van der Waals surface area contributed by atoms with Crippen LogP contribution in [0.25, 0.3) is 0 Å². The first-order chi connectivity index (χ1) is 12.9. The third-order valence-corrected chi connectivity index (χ3v) is 4.91. The van der Waals surface area contributed by atoms with Crippen molar-refractivity contribution in [2.24, 2.45) is 11.0 Å². The fourth-order valence-electron chi connectivity index (χ4n) is 2.17. The molecule has 2 rings (SSSR count). The van der Waals surface area contributed by atoms with Gasteiger partial charge in [0.2, 0.25) is 0 Å². The first-order valence-electron chi connectivity index (χ1n) is 8.91. The number of hydrogen-bond acceptors (Lipinski definition) is 5. The number of hydrazone groups is 1. The fourth-order valence-corrected chi connectivity index (χ4v) is 2.96. The van der Waals surface area contributed by atoms with Crippen molar-refractivity contribution in [2.75, 3.05) is 13.2 Å². The lowest BCUT2D eigenvalue weighted by molar-refractivity contribution is 0.289. The maximum absolute atomic E-state index is 12.2. The van der Waals surface area contributed by atoms with E-state index in [1.54, 1.807) is 12.1 Å². The fraction of sp³-hybridized carbons (Fsp3) is 0.350. The van der Waals surface area contributed by atoms with E-state index in [2.05, 4.69) is 23.8 Å². The number of ether oxygens (including phenoxy) is 2. The Morgan fingerprint density at radius 3 is 2.19 bits per heavy atom. The Morgan fingerprint density at radius 1 is 1.00 bits per heavy atom. The second-order valence-electron chi connectivity index (χ2n) is 6.36. The number of nitrogens with one attached hydrogen (secondary N) is 1. The first kappa shape index (κ1) is 20.8. The standard InChI is InChI=1S/C20H26N2O4S/c1-4-25-18-9-11-20(12-10-18)27(23,24)22-21-15-17-5-7-19(8-6-17)26-14-13-16(2)3/h5-12,15-16,22H,4,13-14H2,1-3H3. The third-order valence-electron chi connectivity index (χ3n) is 3.68.